The molecule has 3 aromatic rings. The first kappa shape index (κ1) is 22.7. The van der Waals surface area contributed by atoms with Crippen LogP contribution in [0.5, 0.6) is 17.4 Å². The van der Waals surface area contributed by atoms with Gasteiger partial charge in [0, 0.05) is 37.0 Å². The zero-order valence-electron chi connectivity index (χ0n) is 18.7. The molecule has 7 nitrogen and oxygen atoms in total. The lowest BCUT2D eigenvalue weighted by molar-refractivity contribution is -0.141. The topological polar surface area (TPSA) is 69.5 Å². The smallest absolute Gasteiger partial charge is 0.433 e. The molecule has 1 aromatic carbocycles. The molecule has 12 heteroatoms. The fourth-order valence-corrected chi connectivity index (χ4v) is 5.49. The highest BCUT2D eigenvalue weighted by Crippen LogP contribution is 2.56. The van der Waals surface area contributed by atoms with Gasteiger partial charge in [0.05, 0.1) is 0 Å². The molecule has 5 heterocycles. The second kappa shape index (κ2) is 7.90. The van der Waals surface area contributed by atoms with Crippen LogP contribution in [0.15, 0.2) is 41.3 Å². The van der Waals surface area contributed by atoms with Gasteiger partial charge in [0.1, 0.15) is 23.9 Å². The second-order valence-electron chi connectivity index (χ2n) is 9.40. The van der Waals surface area contributed by atoms with Crippen LogP contribution in [0.2, 0.25) is 0 Å². The van der Waals surface area contributed by atoms with Crippen molar-refractivity contribution >= 4 is 5.82 Å². The first-order valence-corrected chi connectivity index (χ1v) is 11.3. The van der Waals surface area contributed by atoms with E-state index in [-0.39, 0.29) is 23.6 Å². The van der Waals surface area contributed by atoms with Gasteiger partial charge in [-0.25, -0.2) is 13.6 Å². The molecule has 0 amide bonds. The summed E-state index contributed by atoms with van der Waals surface area (Å²) in [5, 5.41) is 0. The zero-order chi connectivity index (χ0) is 25.2. The summed E-state index contributed by atoms with van der Waals surface area (Å²) in [6.07, 6.45) is -0.770. The Bertz CT molecular complexity index is 1390. The van der Waals surface area contributed by atoms with Gasteiger partial charge in [0.15, 0.2) is 17.4 Å². The molecule has 0 atom stereocenters. The standard InChI is InChI=1S/C24H19F5N4O3/c25-16-5-13(6-17(26)21(16)36-15-1-3-30-18(7-15)24(27,28)29)12-35-19-8-20-32(22(34)31-19)4-2-23-9-14(10-23)11-33(20)23/h1,3,5-8,14H,2,4,9-12H2. The van der Waals surface area contributed by atoms with Gasteiger partial charge < -0.3 is 14.4 Å². The Morgan fingerprint density at radius 2 is 1.86 bits per heavy atom. The number of ether oxygens (including phenoxy) is 2. The molecule has 0 radical (unpaired) electrons. The molecule has 0 N–H and O–H groups in total. The number of rotatable bonds is 5. The second-order valence-corrected chi connectivity index (χ2v) is 9.40. The van der Waals surface area contributed by atoms with Crippen molar-refractivity contribution in [2.45, 2.75) is 44.1 Å². The van der Waals surface area contributed by atoms with E-state index >= 15 is 0 Å². The number of nitrogens with zero attached hydrogens (tertiary/aromatic N) is 4. The van der Waals surface area contributed by atoms with Crippen LogP contribution in [0, 0.1) is 17.6 Å². The summed E-state index contributed by atoms with van der Waals surface area (Å²) in [7, 11) is 0. The van der Waals surface area contributed by atoms with Crippen LogP contribution in [0.1, 0.15) is 30.5 Å². The fraction of sp³-hybridized carbons (Fsp3) is 0.375. The van der Waals surface area contributed by atoms with Gasteiger partial charge in [-0.15, -0.1) is 0 Å². The molecule has 2 saturated heterocycles. The van der Waals surface area contributed by atoms with Crippen molar-refractivity contribution in [3.63, 3.8) is 0 Å². The van der Waals surface area contributed by atoms with E-state index in [4.69, 9.17) is 9.47 Å². The number of benzene rings is 1. The monoisotopic (exact) mass is 506 g/mol. The SMILES string of the molecule is O=c1nc(OCc2cc(F)c(Oc3ccnc(C(F)(F)F)c3)c(F)c2)cc2n1CCC13CC(CN21)C3. The highest BCUT2D eigenvalue weighted by molar-refractivity contribution is 5.52. The Morgan fingerprint density at radius 1 is 1.11 bits per heavy atom. The fourth-order valence-electron chi connectivity index (χ4n) is 5.49. The van der Waals surface area contributed by atoms with E-state index in [1.807, 2.05) is 0 Å². The van der Waals surface area contributed by atoms with E-state index < -0.39 is 40.7 Å². The van der Waals surface area contributed by atoms with Crippen LogP contribution < -0.4 is 20.1 Å². The average molecular weight is 506 g/mol. The number of fused-ring (bicyclic) bond motifs is 1. The maximum atomic E-state index is 14.6. The third-order valence-electron chi connectivity index (χ3n) is 7.08. The van der Waals surface area contributed by atoms with Crippen LogP contribution in [-0.4, -0.2) is 26.6 Å². The normalized spacial score (nSPS) is 22.0. The lowest BCUT2D eigenvalue weighted by atomic mass is 9.71. The maximum Gasteiger partial charge on any atom is 0.433 e. The summed E-state index contributed by atoms with van der Waals surface area (Å²) in [5.41, 5.74) is -1.51. The molecule has 2 aromatic heterocycles. The molecule has 188 valence electrons. The first-order chi connectivity index (χ1) is 17.1. The minimum Gasteiger partial charge on any atom is -0.473 e. The molecule has 3 fully saturated rings. The lowest BCUT2D eigenvalue weighted by Gasteiger charge is -2.46. The van der Waals surface area contributed by atoms with Gasteiger partial charge in [-0.1, -0.05) is 0 Å². The number of alkyl halides is 3. The molecule has 1 aliphatic carbocycles. The van der Waals surface area contributed by atoms with Crippen molar-refractivity contribution in [2.75, 3.05) is 11.4 Å². The van der Waals surface area contributed by atoms with E-state index in [0.29, 0.717) is 18.5 Å². The number of pyridine rings is 1. The third kappa shape index (κ3) is 3.75. The third-order valence-corrected chi connectivity index (χ3v) is 7.08. The molecule has 7 rings (SSSR count). The first-order valence-electron chi connectivity index (χ1n) is 11.3. The van der Waals surface area contributed by atoms with Gasteiger partial charge in [-0.3, -0.25) is 9.55 Å². The Labute approximate surface area is 201 Å². The van der Waals surface area contributed by atoms with Gasteiger partial charge in [-0.2, -0.15) is 18.2 Å². The van der Waals surface area contributed by atoms with Crippen LogP contribution in [0.25, 0.3) is 0 Å². The van der Waals surface area contributed by atoms with Crippen LogP contribution in [0.3, 0.4) is 0 Å². The van der Waals surface area contributed by atoms with Crippen molar-refractivity contribution in [3.8, 4) is 17.4 Å². The molecule has 4 aliphatic rings. The predicted octanol–water partition coefficient (Wildman–Crippen LogP) is 4.68. The van der Waals surface area contributed by atoms with Crippen LogP contribution in [0.4, 0.5) is 27.8 Å². The Morgan fingerprint density at radius 3 is 2.58 bits per heavy atom. The number of halogens is 5. The Balaban J connectivity index is 1.20. The maximum absolute atomic E-state index is 14.6. The zero-order valence-corrected chi connectivity index (χ0v) is 18.7. The number of anilines is 1. The molecule has 1 spiro atoms. The Kier molecular flexibility index (Phi) is 4.99. The summed E-state index contributed by atoms with van der Waals surface area (Å²) in [5.74, 6) is -2.12. The van der Waals surface area contributed by atoms with Crippen molar-refractivity contribution in [2.24, 2.45) is 5.92 Å². The summed E-state index contributed by atoms with van der Waals surface area (Å²) in [6, 6.07) is 5.17. The van der Waals surface area contributed by atoms with Crippen molar-refractivity contribution in [1.82, 2.24) is 14.5 Å². The molecular formula is C24H19F5N4O3. The van der Waals surface area contributed by atoms with E-state index in [1.165, 1.54) is 0 Å². The number of hydrogen-bond acceptors (Lipinski definition) is 6. The van der Waals surface area contributed by atoms with Gasteiger partial charge in [0.2, 0.25) is 5.88 Å². The summed E-state index contributed by atoms with van der Waals surface area (Å²) in [4.78, 5) is 21.9. The van der Waals surface area contributed by atoms with Crippen molar-refractivity contribution < 1.29 is 31.4 Å². The van der Waals surface area contributed by atoms with Crippen LogP contribution >= 0.6 is 0 Å². The average Bonchev–Trinajstić information content (AvgIpc) is 3.37. The van der Waals surface area contributed by atoms with Gasteiger partial charge >= 0.3 is 11.9 Å². The van der Waals surface area contributed by atoms with Gasteiger partial charge in [0.25, 0.3) is 0 Å². The van der Waals surface area contributed by atoms with E-state index in [0.717, 1.165) is 56.0 Å². The lowest BCUT2D eigenvalue weighted by Crippen LogP contribution is -2.52. The largest absolute Gasteiger partial charge is 0.473 e. The molecule has 0 unspecified atom stereocenters. The summed E-state index contributed by atoms with van der Waals surface area (Å²) in [6.45, 7) is 1.18. The van der Waals surface area contributed by atoms with Gasteiger partial charge in [-0.05, 0) is 48.9 Å². The summed E-state index contributed by atoms with van der Waals surface area (Å²) >= 11 is 0. The number of aromatic nitrogens is 3. The van der Waals surface area contributed by atoms with E-state index in [2.05, 4.69) is 14.9 Å². The molecule has 2 bridgehead atoms. The van der Waals surface area contributed by atoms with E-state index in [9.17, 15) is 26.7 Å². The molecule has 1 saturated carbocycles. The minimum atomic E-state index is -4.74. The summed E-state index contributed by atoms with van der Waals surface area (Å²) < 4.78 is 80.0. The van der Waals surface area contributed by atoms with Crippen molar-refractivity contribution in [1.29, 1.82) is 0 Å². The Hall–Kier alpha value is -3.70. The molecular weight excluding hydrogens is 487 g/mol. The van der Waals surface area contributed by atoms with Crippen LogP contribution in [-0.2, 0) is 19.3 Å². The molecule has 3 aliphatic heterocycles. The molecule has 36 heavy (non-hydrogen) atoms. The quantitative estimate of drug-likeness (QED) is 0.469. The predicted molar refractivity (Wildman–Crippen MR) is 116 cm³/mol. The minimum absolute atomic E-state index is 0.0463. The highest BCUT2D eigenvalue weighted by atomic mass is 19.4. The number of hydrogen-bond donors (Lipinski definition) is 0. The highest BCUT2D eigenvalue weighted by Gasteiger charge is 2.57. The van der Waals surface area contributed by atoms with E-state index in [1.54, 1.807) is 10.6 Å². The van der Waals surface area contributed by atoms with Crippen molar-refractivity contribution in [3.05, 3.63) is 69.9 Å².